The zero-order chi connectivity index (χ0) is 14.8. The zero-order valence-electron chi connectivity index (χ0n) is 12.1. The van der Waals surface area contributed by atoms with Gasteiger partial charge in [-0.05, 0) is 40.5 Å². The largest absolute Gasteiger partial charge is 0.481 e. The number of nitrogens with zero attached hydrogens (tertiary/aromatic N) is 1. The number of hydrogen-bond donors (Lipinski definition) is 2. The fraction of sp³-hybridized carbons (Fsp3) is 0.846. The Bertz CT molecular complexity index is 364. The van der Waals surface area contributed by atoms with E-state index >= 15 is 0 Å². The van der Waals surface area contributed by atoms with Crippen LogP contribution in [0.25, 0.3) is 0 Å². The van der Waals surface area contributed by atoms with Crippen LogP contribution < -0.4 is 5.73 Å². The molecule has 0 bridgehead atoms. The Morgan fingerprint density at radius 1 is 1.47 bits per heavy atom. The highest BCUT2D eigenvalue weighted by molar-refractivity contribution is 5.70. The molecule has 1 saturated heterocycles. The molecule has 2 unspecified atom stereocenters. The van der Waals surface area contributed by atoms with E-state index in [0.717, 1.165) is 0 Å². The molecule has 6 nitrogen and oxygen atoms in total. The lowest BCUT2D eigenvalue weighted by atomic mass is 9.82. The first-order chi connectivity index (χ1) is 8.52. The number of hydrogen-bond acceptors (Lipinski definition) is 4. The molecule has 0 spiro atoms. The van der Waals surface area contributed by atoms with Crippen molar-refractivity contribution in [3.05, 3.63) is 0 Å². The van der Waals surface area contributed by atoms with Crippen LogP contribution in [0.1, 0.15) is 47.0 Å². The van der Waals surface area contributed by atoms with Crippen LogP contribution in [0.4, 0.5) is 4.79 Å². The van der Waals surface area contributed by atoms with Crippen molar-refractivity contribution in [2.75, 3.05) is 6.54 Å². The maximum Gasteiger partial charge on any atom is 0.410 e. The summed E-state index contributed by atoms with van der Waals surface area (Å²) in [4.78, 5) is 24.4. The standard InChI is InChI=1S/C13H24N2O4/c1-9-7-13(14,8-10(16)17)5-6-15(9)11(18)19-12(2,3)4/h9H,5-8,14H2,1-4H3,(H,16,17). The molecule has 0 aromatic rings. The minimum Gasteiger partial charge on any atom is -0.481 e. The van der Waals surface area contributed by atoms with Crippen LogP contribution in [0.5, 0.6) is 0 Å². The number of likely N-dealkylation sites (tertiary alicyclic amines) is 1. The lowest BCUT2D eigenvalue weighted by molar-refractivity contribution is -0.138. The molecule has 2 atom stereocenters. The molecule has 3 N–H and O–H groups in total. The molecule has 0 aliphatic carbocycles. The first-order valence-corrected chi connectivity index (χ1v) is 6.53. The number of carboxylic acids is 1. The zero-order valence-corrected chi connectivity index (χ0v) is 12.1. The molecular formula is C13H24N2O4. The summed E-state index contributed by atoms with van der Waals surface area (Å²) < 4.78 is 5.33. The Balaban J connectivity index is 2.64. The van der Waals surface area contributed by atoms with Gasteiger partial charge in [0.1, 0.15) is 5.60 Å². The molecule has 0 aromatic carbocycles. The topological polar surface area (TPSA) is 92.9 Å². The number of amides is 1. The highest BCUT2D eigenvalue weighted by Crippen LogP contribution is 2.28. The summed E-state index contributed by atoms with van der Waals surface area (Å²) in [6.07, 6.45) is 0.512. The van der Waals surface area contributed by atoms with Crippen molar-refractivity contribution in [3.63, 3.8) is 0 Å². The Hall–Kier alpha value is -1.30. The highest BCUT2D eigenvalue weighted by atomic mass is 16.6. The number of nitrogens with two attached hydrogens (primary N) is 1. The van der Waals surface area contributed by atoms with Gasteiger partial charge in [-0.3, -0.25) is 4.79 Å². The van der Waals surface area contributed by atoms with Gasteiger partial charge in [-0.15, -0.1) is 0 Å². The van der Waals surface area contributed by atoms with Crippen molar-refractivity contribution in [1.29, 1.82) is 0 Å². The van der Waals surface area contributed by atoms with Crippen molar-refractivity contribution >= 4 is 12.1 Å². The quantitative estimate of drug-likeness (QED) is 0.796. The van der Waals surface area contributed by atoms with E-state index < -0.39 is 17.1 Å². The van der Waals surface area contributed by atoms with Crippen LogP contribution in [0.2, 0.25) is 0 Å². The number of carbonyl (C=O) groups excluding carboxylic acids is 1. The normalized spacial score (nSPS) is 28.1. The summed E-state index contributed by atoms with van der Waals surface area (Å²) in [7, 11) is 0. The van der Waals surface area contributed by atoms with Crippen molar-refractivity contribution in [3.8, 4) is 0 Å². The van der Waals surface area contributed by atoms with E-state index in [2.05, 4.69) is 0 Å². The maximum atomic E-state index is 12.0. The fourth-order valence-electron chi connectivity index (χ4n) is 2.42. The highest BCUT2D eigenvalue weighted by Gasteiger charge is 2.39. The van der Waals surface area contributed by atoms with Crippen molar-refractivity contribution in [2.45, 2.75) is 64.1 Å². The summed E-state index contributed by atoms with van der Waals surface area (Å²) >= 11 is 0. The van der Waals surface area contributed by atoms with E-state index in [-0.39, 0.29) is 18.6 Å². The summed E-state index contributed by atoms with van der Waals surface area (Å²) in [5.41, 5.74) is 4.82. The lowest BCUT2D eigenvalue weighted by Crippen LogP contribution is -2.57. The molecular weight excluding hydrogens is 248 g/mol. The molecule has 19 heavy (non-hydrogen) atoms. The maximum absolute atomic E-state index is 12.0. The summed E-state index contributed by atoms with van der Waals surface area (Å²) in [6, 6.07) is -0.118. The third-order valence-electron chi connectivity index (χ3n) is 3.22. The molecule has 1 amide bonds. The van der Waals surface area contributed by atoms with E-state index in [1.54, 1.807) is 4.90 Å². The van der Waals surface area contributed by atoms with Crippen LogP contribution in [0.3, 0.4) is 0 Å². The van der Waals surface area contributed by atoms with E-state index in [1.165, 1.54) is 0 Å². The fourth-order valence-corrected chi connectivity index (χ4v) is 2.42. The molecule has 6 heteroatoms. The Morgan fingerprint density at radius 2 is 2.05 bits per heavy atom. The van der Waals surface area contributed by atoms with Crippen LogP contribution in [-0.2, 0) is 9.53 Å². The van der Waals surface area contributed by atoms with E-state index in [1.807, 2.05) is 27.7 Å². The SMILES string of the molecule is CC1CC(N)(CC(=O)O)CCN1C(=O)OC(C)(C)C. The predicted molar refractivity (Wildman–Crippen MR) is 70.8 cm³/mol. The van der Waals surface area contributed by atoms with Gasteiger partial charge in [-0.1, -0.05) is 0 Å². The summed E-state index contributed by atoms with van der Waals surface area (Å²) in [6.45, 7) is 7.75. The van der Waals surface area contributed by atoms with Gasteiger partial charge in [0.15, 0.2) is 0 Å². The molecule has 110 valence electrons. The monoisotopic (exact) mass is 272 g/mol. The Morgan fingerprint density at radius 3 is 2.47 bits per heavy atom. The average Bonchev–Trinajstić information content (AvgIpc) is 2.11. The molecule has 1 rings (SSSR count). The van der Waals surface area contributed by atoms with E-state index in [9.17, 15) is 9.59 Å². The predicted octanol–water partition coefficient (Wildman–Crippen LogP) is 1.58. The minimum absolute atomic E-state index is 0.0699. The first kappa shape index (κ1) is 15.8. The molecule has 1 fully saturated rings. The van der Waals surface area contributed by atoms with Gasteiger partial charge < -0.3 is 20.5 Å². The second-order valence-corrected chi connectivity index (χ2v) is 6.41. The van der Waals surface area contributed by atoms with E-state index in [4.69, 9.17) is 15.6 Å². The lowest BCUT2D eigenvalue weighted by Gasteiger charge is -2.43. The molecule has 0 radical (unpaired) electrons. The van der Waals surface area contributed by atoms with Crippen LogP contribution in [0.15, 0.2) is 0 Å². The van der Waals surface area contributed by atoms with Crippen LogP contribution in [-0.4, -0.2) is 45.8 Å². The number of rotatable bonds is 2. The van der Waals surface area contributed by atoms with Gasteiger partial charge in [0.05, 0.1) is 6.42 Å². The van der Waals surface area contributed by atoms with Gasteiger partial charge >= 0.3 is 12.1 Å². The molecule has 0 saturated carbocycles. The molecule has 1 aliphatic heterocycles. The molecule has 1 aliphatic rings. The summed E-state index contributed by atoms with van der Waals surface area (Å²) in [5.74, 6) is -0.902. The Labute approximate surface area is 113 Å². The van der Waals surface area contributed by atoms with Gasteiger partial charge in [-0.25, -0.2) is 4.79 Å². The van der Waals surface area contributed by atoms with Crippen LogP contribution >= 0.6 is 0 Å². The van der Waals surface area contributed by atoms with Gasteiger partial charge in [0.25, 0.3) is 0 Å². The second-order valence-electron chi connectivity index (χ2n) is 6.41. The van der Waals surface area contributed by atoms with E-state index in [0.29, 0.717) is 19.4 Å². The number of ether oxygens (including phenoxy) is 1. The Kier molecular flexibility index (Phi) is 4.45. The smallest absolute Gasteiger partial charge is 0.410 e. The number of carbonyl (C=O) groups is 2. The second kappa shape index (κ2) is 5.36. The van der Waals surface area contributed by atoms with Crippen molar-refractivity contribution in [2.24, 2.45) is 5.73 Å². The first-order valence-electron chi connectivity index (χ1n) is 6.53. The summed E-state index contributed by atoms with van der Waals surface area (Å²) in [5, 5.41) is 8.86. The third-order valence-corrected chi connectivity index (χ3v) is 3.22. The third kappa shape index (κ3) is 4.70. The van der Waals surface area contributed by atoms with Gasteiger partial charge in [0, 0.05) is 18.1 Å². The molecule has 0 aromatic heterocycles. The number of piperidine rings is 1. The van der Waals surface area contributed by atoms with Crippen molar-refractivity contribution in [1.82, 2.24) is 4.90 Å². The number of aliphatic carboxylic acids is 1. The average molecular weight is 272 g/mol. The van der Waals surface area contributed by atoms with Crippen molar-refractivity contribution < 1.29 is 19.4 Å². The van der Waals surface area contributed by atoms with Gasteiger partial charge in [0.2, 0.25) is 0 Å². The van der Waals surface area contributed by atoms with Gasteiger partial charge in [-0.2, -0.15) is 0 Å². The number of carboxylic acid groups (broad SMARTS) is 1. The molecule has 1 heterocycles. The minimum atomic E-state index is -0.902. The van der Waals surface area contributed by atoms with Crippen LogP contribution in [0, 0.1) is 0 Å².